The molecule has 2 bridgehead atoms. The summed E-state index contributed by atoms with van der Waals surface area (Å²) in [7, 11) is 0. The lowest BCUT2D eigenvalue weighted by Gasteiger charge is -2.70. The van der Waals surface area contributed by atoms with Gasteiger partial charge in [0.25, 0.3) is 5.91 Å². The van der Waals surface area contributed by atoms with Gasteiger partial charge in [0.2, 0.25) is 0 Å². The van der Waals surface area contributed by atoms with Crippen LogP contribution in [0.1, 0.15) is 65.5 Å². The number of rotatable bonds is 5. The SMILES string of the molecule is Cc1ccc2c(c1)[C@H](O)C[C@H](C(=O)NC13CC(CC(=O)c4cnc(C)cn4)(C1)C3)O2. The number of nitrogens with one attached hydrogen (secondary N) is 1. The Morgan fingerprint density at radius 3 is 2.67 bits per heavy atom. The molecule has 2 N–H and O–H groups in total. The van der Waals surface area contributed by atoms with E-state index in [9.17, 15) is 14.7 Å². The molecule has 0 unspecified atom stereocenters. The number of aryl methyl sites for hydroxylation is 2. The molecule has 7 nitrogen and oxygen atoms in total. The van der Waals surface area contributed by atoms with Crippen LogP contribution in [0.5, 0.6) is 5.75 Å². The second-order valence-corrected chi connectivity index (χ2v) is 9.34. The average molecular weight is 407 g/mol. The molecule has 0 radical (unpaired) electrons. The highest BCUT2D eigenvalue weighted by atomic mass is 16.5. The number of amides is 1. The van der Waals surface area contributed by atoms with Crippen molar-refractivity contribution < 1.29 is 19.4 Å². The Hall–Kier alpha value is -2.80. The molecule has 1 aromatic carbocycles. The van der Waals surface area contributed by atoms with E-state index in [0.717, 1.165) is 36.1 Å². The summed E-state index contributed by atoms with van der Waals surface area (Å²) in [4.78, 5) is 33.6. The highest BCUT2D eigenvalue weighted by Crippen LogP contribution is 2.69. The first-order valence-electron chi connectivity index (χ1n) is 10.4. The Morgan fingerprint density at radius 2 is 1.97 bits per heavy atom. The van der Waals surface area contributed by atoms with E-state index in [-0.39, 0.29) is 29.1 Å². The molecule has 4 aliphatic rings. The molecule has 3 aliphatic carbocycles. The van der Waals surface area contributed by atoms with Crippen LogP contribution >= 0.6 is 0 Å². The first-order valence-corrected chi connectivity index (χ1v) is 10.4. The Morgan fingerprint density at radius 1 is 1.20 bits per heavy atom. The summed E-state index contributed by atoms with van der Waals surface area (Å²) in [5.74, 6) is 0.385. The summed E-state index contributed by atoms with van der Waals surface area (Å²) in [5.41, 5.74) is 2.70. The summed E-state index contributed by atoms with van der Waals surface area (Å²) in [6.07, 6.45) is 4.79. The Labute approximate surface area is 174 Å². The maximum Gasteiger partial charge on any atom is 0.261 e. The lowest BCUT2D eigenvalue weighted by molar-refractivity contribution is -0.168. The third-order valence-electron chi connectivity index (χ3n) is 6.65. The van der Waals surface area contributed by atoms with Gasteiger partial charge in [0.15, 0.2) is 11.9 Å². The Bertz CT molecular complexity index is 1010. The first kappa shape index (κ1) is 19.2. The van der Waals surface area contributed by atoms with Crippen molar-refractivity contribution in [1.29, 1.82) is 0 Å². The highest BCUT2D eigenvalue weighted by molar-refractivity contribution is 5.95. The number of benzene rings is 1. The third-order valence-corrected chi connectivity index (χ3v) is 6.65. The van der Waals surface area contributed by atoms with Crippen LogP contribution in [0.25, 0.3) is 0 Å². The second-order valence-electron chi connectivity index (χ2n) is 9.34. The molecule has 2 heterocycles. The Balaban J connectivity index is 1.17. The van der Waals surface area contributed by atoms with Gasteiger partial charge in [-0.2, -0.15) is 0 Å². The van der Waals surface area contributed by atoms with Crippen LogP contribution in [0.3, 0.4) is 0 Å². The fraction of sp³-hybridized carbons (Fsp3) is 0.478. The fourth-order valence-electron chi connectivity index (χ4n) is 5.36. The van der Waals surface area contributed by atoms with E-state index in [4.69, 9.17) is 4.74 Å². The van der Waals surface area contributed by atoms with E-state index in [2.05, 4.69) is 15.3 Å². The average Bonchev–Trinajstić information content (AvgIpc) is 2.66. The lowest BCUT2D eigenvalue weighted by Crippen LogP contribution is -2.75. The van der Waals surface area contributed by atoms with Gasteiger partial charge in [-0.15, -0.1) is 0 Å². The van der Waals surface area contributed by atoms with Crippen molar-refractivity contribution in [2.45, 2.75) is 63.7 Å². The summed E-state index contributed by atoms with van der Waals surface area (Å²) in [6.45, 7) is 3.80. The van der Waals surface area contributed by atoms with Gasteiger partial charge in [0, 0.05) is 30.1 Å². The first-order chi connectivity index (χ1) is 14.3. The quantitative estimate of drug-likeness (QED) is 0.739. The molecule has 30 heavy (non-hydrogen) atoms. The summed E-state index contributed by atoms with van der Waals surface area (Å²) in [5, 5.41) is 13.6. The van der Waals surface area contributed by atoms with Crippen LogP contribution in [0.2, 0.25) is 0 Å². The van der Waals surface area contributed by atoms with Crippen molar-refractivity contribution in [2.24, 2.45) is 5.41 Å². The molecule has 156 valence electrons. The van der Waals surface area contributed by atoms with E-state index in [1.807, 2.05) is 32.0 Å². The molecule has 1 aromatic heterocycles. The van der Waals surface area contributed by atoms with Gasteiger partial charge in [-0.05, 0) is 50.7 Å². The van der Waals surface area contributed by atoms with Crippen LogP contribution < -0.4 is 10.1 Å². The van der Waals surface area contributed by atoms with Crippen LogP contribution in [-0.2, 0) is 4.79 Å². The van der Waals surface area contributed by atoms with Gasteiger partial charge >= 0.3 is 0 Å². The van der Waals surface area contributed by atoms with Crippen molar-refractivity contribution in [3.8, 4) is 5.75 Å². The van der Waals surface area contributed by atoms with Crippen molar-refractivity contribution in [3.63, 3.8) is 0 Å². The van der Waals surface area contributed by atoms with Gasteiger partial charge in [-0.1, -0.05) is 11.6 Å². The number of hydrogen-bond acceptors (Lipinski definition) is 6. The number of nitrogens with zero attached hydrogens (tertiary/aromatic N) is 2. The van der Waals surface area contributed by atoms with E-state index in [1.165, 1.54) is 6.20 Å². The molecule has 3 saturated carbocycles. The molecule has 3 fully saturated rings. The number of Topliss-reactive ketones (excluding diaryl/α,β-unsaturated/α-hetero) is 1. The van der Waals surface area contributed by atoms with Gasteiger partial charge < -0.3 is 15.2 Å². The van der Waals surface area contributed by atoms with Crippen molar-refractivity contribution in [3.05, 3.63) is 53.1 Å². The van der Waals surface area contributed by atoms with Gasteiger partial charge in [0.1, 0.15) is 11.4 Å². The van der Waals surface area contributed by atoms with Crippen LogP contribution in [0, 0.1) is 19.3 Å². The van der Waals surface area contributed by atoms with Gasteiger partial charge in [-0.25, -0.2) is 4.98 Å². The van der Waals surface area contributed by atoms with E-state index >= 15 is 0 Å². The standard InChI is InChI=1S/C23H25N3O4/c1-13-3-4-19-15(5-13)17(27)6-20(30-19)21(29)26-23-10-22(11-23,12-23)7-18(28)16-9-24-14(2)8-25-16/h3-5,8-9,17,20,27H,6-7,10-12H2,1-2H3,(H,26,29)/t17-,20-,22?,23?/m1/s1. The number of carbonyl (C=O) groups excluding carboxylic acids is 2. The Kier molecular flexibility index (Phi) is 4.22. The normalized spacial score (nSPS) is 30.9. The predicted octanol–water partition coefficient (Wildman–Crippen LogP) is 2.59. The largest absolute Gasteiger partial charge is 0.480 e. The number of hydrogen-bond donors (Lipinski definition) is 2. The fourth-order valence-corrected chi connectivity index (χ4v) is 5.36. The molecule has 6 rings (SSSR count). The van der Waals surface area contributed by atoms with E-state index in [1.54, 1.807) is 6.20 Å². The smallest absolute Gasteiger partial charge is 0.261 e. The minimum absolute atomic E-state index is 0.00719. The predicted molar refractivity (Wildman–Crippen MR) is 108 cm³/mol. The topological polar surface area (TPSA) is 101 Å². The summed E-state index contributed by atoms with van der Waals surface area (Å²) < 4.78 is 5.87. The van der Waals surface area contributed by atoms with Crippen molar-refractivity contribution >= 4 is 11.7 Å². The number of ether oxygens (including phenoxy) is 1. The molecule has 1 amide bonds. The number of aliphatic hydroxyl groups is 1. The van der Waals surface area contributed by atoms with Crippen molar-refractivity contribution in [2.75, 3.05) is 0 Å². The lowest BCUT2D eigenvalue weighted by atomic mass is 9.38. The molecule has 1 aliphatic heterocycles. The van der Waals surface area contributed by atoms with E-state index in [0.29, 0.717) is 17.9 Å². The minimum atomic E-state index is -0.711. The zero-order chi connectivity index (χ0) is 21.1. The third kappa shape index (κ3) is 3.17. The number of carbonyl (C=O) groups is 2. The minimum Gasteiger partial charge on any atom is -0.480 e. The van der Waals surface area contributed by atoms with Crippen LogP contribution in [0.15, 0.2) is 30.6 Å². The van der Waals surface area contributed by atoms with Gasteiger partial charge in [-0.3, -0.25) is 14.6 Å². The maximum absolute atomic E-state index is 12.8. The summed E-state index contributed by atoms with van der Waals surface area (Å²) in [6, 6.07) is 5.61. The molecule has 0 spiro atoms. The number of ketones is 1. The maximum atomic E-state index is 12.8. The zero-order valence-electron chi connectivity index (χ0n) is 17.1. The monoisotopic (exact) mass is 407 g/mol. The highest BCUT2D eigenvalue weighted by Gasteiger charge is 2.68. The number of fused-ring (bicyclic) bond motifs is 1. The summed E-state index contributed by atoms with van der Waals surface area (Å²) >= 11 is 0. The molecule has 0 saturated heterocycles. The number of aromatic nitrogens is 2. The van der Waals surface area contributed by atoms with Crippen LogP contribution in [-0.4, -0.2) is 38.4 Å². The van der Waals surface area contributed by atoms with E-state index < -0.39 is 12.2 Å². The molecule has 2 atom stereocenters. The second kappa shape index (κ2) is 6.60. The molecule has 7 heteroatoms. The molecular formula is C23H25N3O4. The molecule has 2 aromatic rings. The van der Waals surface area contributed by atoms with Gasteiger partial charge in [0.05, 0.1) is 18.0 Å². The molecular weight excluding hydrogens is 382 g/mol. The van der Waals surface area contributed by atoms with Crippen molar-refractivity contribution in [1.82, 2.24) is 15.3 Å². The zero-order valence-corrected chi connectivity index (χ0v) is 17.1. The number of aliphatic hydroxyl groups excluding tert-OH is 1. The van der Waals surface area contributed by atoms with Crippen LogP contribution in [0.4, 0.5) is 0 Å².